The van der Waals surface area contributed by atoms with Crippen LogP contribution in [0.1, 0.15) is 30.5 Å². The number of benzene rings is 1. The lowest BCUT2D eigenvalue weighted by Gasteiger charge is -2.02. The maximum absolute atomic E-state index is 8.63. The lowest BCUT2D eigenvalue weighted by molar-refractivity contribution is 1.30. The minimum atomic E-state index is 0.748. The van der Waals surface area contributed by atoms with Crippen LogP contribution < -0.4 is 0 Å². The molecule has 0 saturated heterocycles. The predicted octanol–water partition coefficient (Wildman–Crippen LogP) is 3.76. The highest BCUT2D eigenvalue weighted by molar-refractivity contribution is 7.97. The molecule has 0 aromatic heterocycles. The van der Waals surface area contributed by atoms with E-state index in [9.17, 15) is 0 Å². The van der Waals surface area contributed by atoms with Gasteiger partial charge in [0.05, 0.1) is 11.6 Å². The molecule has 0 fully saturated rings. The number of nitrogens with zero attached hydrogens (tertiary/aromatic N) is 1. The first-order chi connectivity index (χ1) is 6.77. The molecule has 0 bridgehead atoms. The van der Waals surface area contributed by atoms with Crippen LogP contribution in [-0.2, 0) is 5.75 Å². The minimum Gasteiger partial charge on any atom is -0.192 e. The number of hydrogen-bond acceptors (Lipinski definition) is 2. The first-order valence-corrected chi connectivity index (χ1v) is 6.16. The number of thioether (sulfide) groups is 1. The van der Waals surface area contributed by atoms with Crippen LogP contribution in [0.5, 0.6) is 0 Å². The van der Waals surface area contributed by atoms with Crippen LogP contribution in [0.15, 0.2) is 18.2 Å². The van der Waals surface area contributed by atoms with Crippen LogP contribution in [0.25, 0.3) is 0 Å². The number of nitriles is 1. The second-order valence-electron chi connectivity index (χ2n) is 2.69. The number of aryl methyl sites for hydroxylation is 1. The second kappa shape index (κ2) is 7.46. The van der Waals surface area contributed by atoms with Gasteiger partial charge in [0.1, 0.15) is 0 Å². The molecule has 1 aromatic carbocycles. The third-order valence-corrected chi connectivity index (χ3v) is 2.37. The van der Waals surface area contributed by atoms with Gasteiger partial charge >= 0.3 is 0 Å². The molecule has 0 atom stereocenters. The monoisotopic (exact) mass is 207 g/mol. The molecule has 0 saturated carbocycles. The topological polar surface area (TPSA) is 23.8 Å². The Balaban J connectivity index is 0.000000791. The third-order valence-electron chi connectivity index (χ3n) is 1.77. The van der Waals surface area contributed by atoms with Gasteiger partial charge in [0.25, 0.3) is 0 Å². The van der Waals surface area contributed by atoms with E-state index < -0.39 is 0 Å². The molecule has 0 spiro atoms. The molecule has 0 aliphatic rings. The van der Waals surface area contributed by atoms with E-state index in [0.717, 1.165) is 11.3 Å². The number of hydrogen-bond donors (Lipinski definition) is 0. The van der Waals surface area contributed by atoms with Crippen LogP contribution in [0, 0.1) is 18.3 Å². The average Bonchev–Trinajstić information content (AvgIpc) is 2.24. The zero-order valence-electron chi connectivity index (χ0n) is 9.29. The Kier molecular flexibility index (Phi) is 6.96. The van der Waals surface area contributed by atoms with Crippen molar-refractivity contribution >= 4 is 11.8 Å². The van der Waals surface area contributed by atoms with Crippen molar-refractivity contribution in [3.63, 3.8) is 0 Å². The molecule has 0 aliphatic carbocycles. The van der Waals surface area contributed by atoms with Crippen molar-refractivity contribution in [2.45, 2.75) is 26.5 Å². The van der Waals surface area contributed by atoms with E-state index in [2.05, 4.69) is 12.3 Å². The van der Waals surface area contributed by atoms with Gasteiger partial charge in [-0.25, -0.2) is 0 Å². The van der Waals surface area contributed by atoms with Gasteiger partial charge in [0.15, 0.2) is 0 Å². The summed E-state index contributed by atoms with van der Waals surface area (Å²) in [7, 11) is 0. The smallest absolute Gasteiger partial charge is 0.0991 e. The summed E-state index contributed by atoms with van der Waals surface area (Å²) in [6.45, 7) is 6.05. The van der Waals surface area contributed by atoms with E-state index in [1.165, 1.54) is 11.1 Å². The largest absolute Gasteiger partial charge is 0.192 e. The van der Waals surface area contributed by atoms with Crippen LogP contribution in [0.2, 0.25) is 0 Å². The lowest BCUT2D eigenvalue weighted by Crippen LogP contribution is -1.86. The molecule has 0 amide bonds. The molecular weight excluding hydrogens is 190 g/mol. The fourth-order valence-corrected chi connectivity index (χ4v) is 1.72. The van der Waals surface area contributed by atoms with Gasteiger partial charge in [-0.1, -0.05) is 19.9 Å². The summed E-state index contributed by atoms with van der Waals surface area (Å²) in [6.07, 6.45) is 2.08. The van der Waals surface area contributed by atoms with Gasteiger partial charge in [0, 0.05) is 5.75 Å². The summed E-state index contributed by atoms with van der Waals surface area (Å²) < 4.78 is 0. The molecule has 1 nitrogen and oxygen atoms in total. The van der Waals surface area contributed by atoms with E-state index >= 15 is 0 Å². The molecule has 0 heterocycles. The molecule has 0 aliphatic heterocycles. The van der Waals surface area contributed by atoms with Gasteiger partial charge < -0.3 is 0 Å². The quantitative estimate of drug-likeness (QED) is 0.737. The molecule has 76 valence electrons. The van der Waals surface area contributed by atoms with Gasteiger partial charge in [-0.15, -0.1) is 0 Å². The van der Waals surface area contributed by atoms with Gasteiger partial charge in [-0.3, -0.25) is 0 Å². The van der Waals surface area contributed by atoms with Crippen LogP contribution in [0.3, 0.4) is 0 Å². The van der Waals surface area contributed by atoms with Crippen LogP contribution in [0.4, 0.5) is 0 Å². The van der Waals surface area contributed by atoms with Crippen molar-refractivity contribution in [1.29, 1.82) is 5.26 Å². The maximum atomic E-state index is 8.63. The highest BCUT2D eigenvalue weighted by atomic mass is 32.2. The Morgan fingerprint density at radius 2 is 2.00 bits per heavy atom. The van der Waals surface area contributed by atoms with Crippen molar-refractivity contribution in [2.24, 2.45) is 0 Å². The molecule has 0 radical (unpaired) electrons. The molecule has 14 heavy (non-hydrogen) atoms. The zero-order chi connectivity index (χ0) is 11.0. The summed E-state index contributed by atoms with van der Waals surface area (Å²) in [4.78, 5) is 0. The van der Waals surface area contributed by atoms with Crippen LogP contribution in [-0.4, -0.2) is 6.26 Å². The third kappa shape index (κ3) is 3.85. The minimum absolute atomic E-state index is 0.748. The highest BCUT2D eigenvalue weighted by Gasteiger charge is 1.97. The van der Waals surface area contributed by atoms with E-state index in [-0.39, 0.29) is 0 Å². The van der Waals surface area contributed by atoms with Crippen molar-refractivity contribution in [1.82, 2.24) is 0 Å². The fourth-order valence-electron chi connectivity index (χ4n) is 1.08. The van der Waals surface area contributed by atoms with E-state index in [0.29, 0.717) is 0 Å². The average molecular weight is 207 g/mol. The first-order valence-electron chi connectivity index (χ1n) is 4.76. The summed E-state index contributed by atoms with van der Waals surface area (Å²) in [6, 6.07) is 7.97. The summed E-state index contributed by atoms with van der Waals surface area (Å²) >= 11 is 1.80. The Morgan fingerprint density at radius 1 is 1.36 bits per heavy atom. The lowest BCUT2D eigenvalue weighted by atomic mass is 10.1. The molecular formula is C12H17NS. The molecule has 0 N–H and O–H groups in total. The van der Waals surface area contributed by atoms with E-state index in [4.69, 9.17) is 5.26 Å². The maximum Gasteiger partial charge on any atom is 0.0991 e. The van der Waals surface area contributed by atoms with Gasteiger partial charge in [-0.05, 0) is 36.4 Å². The molecule has 1 rings (SSSR count). The SMILES string of the molecule is CC.CSCc1ccc(C#N)cc1C. The van der Waals surface area contributed by atoms with E-state index in [1.54, 1.807) is 11.8 Å². The van der Waals surface area contributed by atoms with Crippen molar-refractivity contribution in [3.8, 4) is 6.07 Å². The standard InChI is InChI=1S/C10H11NS.C2H6/c1-8-5-9(6-11)3-4-10(8)7-12-2;1-2/h3-5H,7H2,1-2H3;1-2H3. The normalized spacial score (nSPS) is 8.50. The molecule has 2 heteroatoms. The Labute approximate surface area is 91.1 Å². The van der Waals surface area contributed by atoms with Crippen LogP contribution >= 0.6 is 11.8 Å². The fraction of sp³-hybridized carbons (Fsp3) is 0.417. The summed E-state index contributed by atoms with van der Waals surface area (Å²) in [5.74, 6) is 1.03. The highest BCUT2D eigenvalue weighted by Crippen LogP contribution is 2.15. The molecule has 1 aromatic rings. The van der Waals surface area contributed by atoms with E-state index in [1.807, 2.05) is 39.0 Å². The Bertz CT molecular complexity index is 313. The van der Waals surface area contributed by atoms with Crippen molar-refractivity contribution in [3.05, 3.63) is 34.9 Å². The van der Waals surface area contributed by atoms with Gasteiger partial charge in [0.2, 0.25) is 0 Å². The van der Waals surface area contributed by atoms with Crippen molar-refractivity contribution in [2.75, 3.05) is 6.26 Å². The Morgan fingerprint density at radius 3 is 2.43 bits per heavy atom. The number of rotatable bonds is 2. The van der Waals surface area contributed by atoms with Gasteiger partial charge in [-0.2, -0.15) is 17.0 Å². The predicted molar refractivity (Wildman–Crippen MR) is 64.5 cm³/mol. The zero-order valence-corrected chi connectivity index (χ0v) is 10.1. The first kappa shape index (κ1) is 13.1. The Hall–Kier alpha value is -0.940. The summed E-state index contributed by atoms with van der Waals surface area (Å²) in [5.41, 5.74) is 3.28. The molecule has 0 unspecified atom stereocenters. The summed E-state index contributed by atoms with van der Waals surface area (Å²) in [5, 5.41) is 8.63. The second-order valence-corrected chi connectivity index (χ2v) is 3.55. The van der Waals surface area contributed by atoms with Crippen molar-refractivity contribution < 1.29 is 0 Å².